The summed E-state index contributed by atoms with van der Waals surface area (Å²) < 4.78 is 10.7. The van der Waals surface area contributed by atoms with Gasteiger partial charge in [-0.3, -0.25) is 9.80 Å². The van der Waals surface area contributed by atoms with Gasteiger partial charge < -0.3 is 19.7 Å². The number of morpholine rings is 2. The minimum atomic E-state index is 0. The quantitative estimate of drug-likeness (QED) is 0.800. The van der Waals surface area contributed by atoms with Crippen LogP contribution in [0.5, 0.6) is 11.5 Å². The van der Waals surface area contributed by atoms with Gasteiger partial charge in [-0.05, 0) is 0 Å². The molecule has 1 aromatic rings. The molecule has 0 amide bonds. The number of benzene rings is 1. The van der Waals surface area contributed by atoms with Crippen LogP contribution in [0.25, 0.3) is 0 Å². The van der Waals surface area contributed by atoms with E-state index in [0.29, 0.717) is 13.1 Å². The fourth-order valence-electron chi connectivity index (χ4n) is 2.92. The number of ether oxygens (including phenoxy) is 2. The summed E-state index contributed by atoms with van der Waals surface area (Å²) in [6.45, 7) is 7.60. The zero-order valence-electron chi connectivity index (χ0n) is 13.2. The molecule has 130 valence electrons. The second kappa shape index (κ2) is 8.70. The summed E-state index contributed by atoms with van der Waals surface area (Å²) in [4.78, 5) is 4.44. The number of rotatable bonds is 4. The number of hydrogen-bond acceptors (Lipinski definition) is 6. The van der Waals surface area contributed by atoms with Gasteiger partial charge in [-0.2, -0.15) is 0 Å². The van der Waals surface area contributed by atoms with Crippen LogP contribution in [0.15, 0.2) is 12.1 Å². The summed E-state index contributed by atoms with van der Waals surface area (Å²) in [5.41, 5.74) is 1.54. The third-order valence-electron chi connectivity index (χ3n) is 4.31. The molecule has 0 radical (unpaired) electrons. The Morgan fingerprint density at radius 1 is 0.739 bits per heavy atom. The lowest BCUT2D eigenvalue weighted by Crippen LogP contribution is -2.36. The van der Waals surface area contributed by atoms with Crippen molar-refractivity contribution in [3.8, 4) is 11.5 Å². The Morgan fingerprint density at radius 3 is 1.43 bits per heavy atom. The topological polar surface area (TPSA) is 65.4 Å². The van der Waals surface area contributed by atoms with Crippen molar-refractivity contribution in [2.45, 2.75) is 13.1 Å². The fraction of sp³-hybridized carbons (Fsp3) is 0.625. The second-order valence-corrected chi connectivity index (χ2v) is 5.86. The van der Waals surface area contributed by atoms with E-state index in [4.69, 9.17) is 9.47 Å². The van der Waals surface area contributed by atoms with Gasteiger partial charge in [0, 0.05) is 50.4 Å². The number of hydrogen-bond donors (Lipinski definition) is 2. The summed E-state index contributed by atoms with van der Waals surface area (Å²) >= 11 is 0. The van der Waals surface area contributed by atoms with Crippen LogP contribution in [0.2, 0.25) is 0 Å². The zero-order chi connectivity index (χ0) is 15.4. The molecule has 7 heteroatoms. The van der Waals surface area contributed by atoms with E-state index < -0.39 is 0 Å². The summed E-state index contributed by atoms with van der Waals surface area (Å²) in [7, 11) is 0. The van der Waals surface area contributed by atoms with Gasteiger partial charge in [0.2, 0.25) is 0 Å². The van der Waals surface area contributed by atoms with Crippen LogP contribution in [0.4, 0.5) is 0 Å². The third-order valence-corrected chi connectivity index (χ3v) is 4.31. The maximum Gasteiger partial charge on any atom is 0.162 e. The summed E-state index contributed by atoms with van der Waals surface area (Å²) in [6, 6.07) is 3.83. The van der Waals surface area contributed by atoms with Crippen LogP contribution < -0.4 is 0 Å². The lowest BCUT2D eigenvalue weighted by atomic mass is 10.1. The molecule has 0 saturated carbocycles. The predicted octanol–water partition coefficient (Wildman–Crippen LogP) is 1.18. The van der Waals surface area contributed by atoms with Gasteiger partial charge in [0.05, 0.1) is 26.4 Å². The SMILES string of the molecule is Cl.Oc1c(CN2CCOCC2)ccc(CN2CCOCC2)c1O. The molecule has 0 bridgehead atoms. The van der Waals surface area contributed by atoms with Crippen molar-refractivity contribution >= 4 is 12.4 Å². The molecule has 0 aliphatic carbocycles. The van der Waals surface area contributed by atoms with Gasteiger partial charge in [0.15, 0.2) is 11.5 Å². The van der Waals surface area contributed by atoms with E-state index >= 15 is 0 Å². The Balaban J connectivity index is 0.00000192. The van der Waals surface area contributed by atoms with Crippen LogP contribution in [-0.4, -0.2) is 72.6 Å². The highest BCUT2D eigenvalue weighted by Gasteiger charge is 2.18. The van der Waals surface area contributed by atoms with E-state index in [2.05, 4.69) is 9.80 Å². The van der Waals surface area contributed by atoms with Gasteiger partial charge in [-0.25, -0.2) is 0 Å². The molecule has 0 atom stereocenters. The van der Waals surface area contributed by atoms with Crippen LogP contribution in [0.3, 0.4) is 0 Å². The highest BCUT2D eigenvalue weighted by molar-refractivity contribution is 5.85. The summed E-state index contributed by atoms with van der Waals surface area (Å²) in [5, 5.41) is 20.6. The molecule has 2 aliphatic heterocycles. The van der Waals surface area contributed by atoms with E-state index in [-0.39, 0.29) is 23.9 Å². The maximum atomic E-state index is 10.3. The first-order valence-electron chi connectivity index (χ1n) is 7.87. The van der Waals surface area contributed by atoms with Crippen LogP contribution in [0.1, 0.15) is 11.1 Å². The van der Waals surface area contributed by atoms with Gasteiger partial charge in [0.25, 0.3) is 0 Å². The number of halogens is 1. The second-order valence-electron chi connectivity index (χ2n) is 5.86. The Morgan fingerprint density at radius 2 is 1.09 bits per heavy atom. The molecule has 2 aliphatic rings. The van der Waals surface area contributed by atoms with E-state index in [9.17, 15) is 10.2 Å². The minimum Gasteiger partial charge on any atom is -0.504 e. The Hall–Kier alpha value is -1.05. The van der Waals surface area contributed by atoms with Gasteiger partial charge in [-0.15, -0.1) is 12.4 Å². The van der Waals surface area contributed by atoms with E-state index in [1.807, 2.05) is 12.1 Å². The van der Waals surface area contributed by atoms with Crippen LogP contribution in [0, 0.1) is 0 Å². The fourth-order valence-corrected chi connectivity index (χ4v) is 2.92. The maximum absolute atomic E-state index is 10.3. The molecular weight excluding hydrogens is 320 g/mol. The molecule has 0 aromatic heterocycles. The van der Waals surface area contributed by atoms with Crippen molar-refractivity contribution in [3.05, 3.63) is 23.3 Å². The van der Waals surface area contributed by atoms with Crippen molar-refractivity contribution in [1.29, 1.82) is 0 Å². The van der Waals surface area contributed by atoms with Gasteiger partial charge in [-0.1, -0.05) is 12.1 Å². The van der Waals surface area contributed by atoms with Crippen molar-refractivity contribution < 1.29 is 19.7 Å². The molecule has 23 heavy (non-hydrogen) atoms. The number of phenols is 2. The average Bonchev–Trinajstić information content (AvgIpc) is 2.56. The Bertz CT molecular complexity index is 458. The number of phenolic OH excluding ortho intramolecular Hbond substituents is 2. The van der Waals surface area contributed by atoms with E-state index in [0.717, 1.165) is 63.7 Å². The summed E-state index contributed by atoms with van der Waals surface area (Å²) in [5.74, 6) is 0.0227. The van der Waals surface area contributed by atoms with Gasteiger partial charge >= 0.3 is 0 Å². The molecule has 2 saturated heterocycles. The summed E-state index contributed by atoms with van der Waals surface area (Å²) in [6.07, 6.45) is 0. The molecule has 2 heterocycles. The van der Waals surface area contributed by atoms with Crippen LogP contribution >= 0.6 is 12.4 Å². The average molecular weight is 345 g/mol. The zero-order valence-corrected chi connectivity index (χ0v) is 14.1. The standard InChI is InChI=1S/C16H24N2O4.ClH/c19-15-13(11-17-3-7-21-8-4-17)1-2-14(16(15)20)12-18-5-9-22-10-6-18;/h1-2,19-20H,3-12H2;1H. The Labute approximate surface area is 143 Å². The lowest BCUT2D eigenvalue weighted by Gasteiger charge is -2.28. The number of aromatic hydroxyl groups is 2. The smallest absolute Gasteiger partial charge is 0.162 e. The molecule has 3 rings (SSSR count). The first-order valence-corrected chi connectivity index (χ1v) is 7.87. The van der Waals surface area contributed by atoms with Crippen molar-refractivity contribution in [2.24, 2.45) is 0 Å². The van der Waals surface area contributed by atoms with Crippen LogP contribution in [-0.2, 0) is 22.6 Å². The Kier molecular flexibility index (Phi) is 6.92. The van der Waals surface area contributed by atoms with Crippen molar-refractivity contribution in [3.63, 3.8) is 0 Å². The molecule has 2 fully saturated rings. The lowest BCUT2D eigenvalue weighted by molar-refractivity contribution is 0.0331. The molecule has 0 spiro atoms. The monoisotopic (exact) mass is 344 g/mol. The highest BCUT2D eigenvalue weighted by atomic mass is 35.5. The highest BCUT2D eigenvalue weighted by Crippen LogP contribution is 2.34. The molecule has 1 aromatic carbocycles. The number of nitrogens with zero attached hydrogens (tertiary/aromatic N) is 2. The predicted molar refractivity (Wildman–Crippen MR) is 89.2 cm³/mol. The first-order chi connectivity index (χ1) is 10.7. The molecular formula is C16H25ClN2O4. The van der Waals surface area contributed by atoms with E-state index in [1.165, 1.54) is 0 Å². The van der Waals surface area contributed by atoms with E-state index in [1.54, 1.807) is 0 Å². The van der Waals surface area contributed by atoms with Crippen molar-refractivity contribution in [2.75, 3.05) is 52.6 Å². The third kappa shape index (κ3) is 4.71. The molecule has 6 nitrogen and oxygen atoms in total. The molecule has 0 unspecified atom stereocenters. The normalized spacial score (nSPS) is 20.2. The first kappa shape index (κ1) is 18.3. The minimum absolute atomic E-state index is 0. The largest absolute Gasteiger partial charge is 0.504 e. The van der Waals surface area contributed by atoms with Crippen molar-refractivity contribution in [1.82, 2.24) is 9.80 Å². The van der Waals surface area contributed by atoms with Gasteiger partial charge in [0.1, 0.15) is 0 Å². The molecule has 2 N–H and O–H groups in total.